The molecule has 1 heterocycles. The summed E-state index contributed by atoms with van der Waals surface area (Å²) in [5.74, 6) is -2.90. The molecule has 1 rings (SSSR count). The first-order valence-corrected chi connectivity index (χ1v) is 11.4. The molecule has 1 fully saturated rings. The summed E-state index contributed by atoms with van der Waals surface area (Å²) in [5.41, 5.74) is 1.06. The maximum atomic E-state index is 10.7. The fourth-order valence-corrected chi connectivity index (χ4v) is 1.09. The minimum absolute atomic E-state index is 0.142. The monoisotopic (exact) mass is 542 g/mol. The molecule has 1 atom stereocenters. The van der Waals surface area contributed by atoms with E-state index in [0.29, 0.717) is 37.6 Å². The third-order valence-electron chi connectivity index (χ3n) is 3.22. The molecule has 1 aliphatic heterocycles. The van der Waals surface area contributed by atoms with Gasteiger partial charge in [0.05, 0.1) is 19.8 Å². The second-order valence-corrected chi connectivity index (χ2v) is 7.19. The number of hydrogen-bond donors (Lipinski definition) is 2. The zero-order valence-corrected chi connectivity index (χ0v) is 23.1. The van der Waals surface area contributed by atoms with Gasteiger partial charge in [0, 0.05) is 28.9 Å². The predicted molar refractivity (Wildman–Crippen MR) is 143 cm³/mol. The molecule has 0 saturated carbocycles. The van der Waals surface area contributed by atoms with Crippen LogP contribution in [0.5, 0.6) is 0 Å². The molecule has 0 aromatic rings. The average Bonchev–Trinajstić information content (AvgIpc) is 3.68. The van der Waals surface area contributed by atoms with Crippen molar-refractivity contribution in [3.8, 4) is 0 Å². The quantitative estimate of drug-likeness (QED) is 0.127. The number of rotatable bonds is 11. The number of esters is 3. The number of carbonyl (C=O) groups excluding carboxylic acids is 3. The highest BCUT2D eigenvalue weighted by atomic mass is 16.6. The fraction of sp³-hybridized carbons (Fsp3) is 0.444. The number of epoxide rings is 1. The van der Waals surface area contributed by atoms with E-state index >= 15 is 0 Å². The van der Waals surface area contributed by atoms with Crippen LogP contribution < -0.4 is 0 Å². The number of ether oxygens (including phenoxy) is 4. The SMILES string of the molecule is C=C(C)C(=O)O.C=C(C)C(=O)OCC.C=C(C)C(=O)OCC1CO1.C=CC(=O)O.C=CC(=O)OCCCC. The summed E-state index contributed by atoms with van der Waals surface area (Å²) in [4.78, 5) is 50.3. The number of unbranched alkanes of at least 4 members (excludes halogenated alkanes) is 1. The van der Waals surface area contributed by atoms with E-state index < -0.39 is 11.9 Å². The van der Waals surface area contributed by atoms with Crippen molar-refractivity contribution in [2.45, 2.75) is 53.6 Å². The zero-order chi connectivity index (χ0) is 30.7. The highest BCUT2D eigenvalue weighted by Crippen LogP contribution is 2.09. The molecule has 1 unspecified atom stereocenters. The topological polar surface area (TPSA) is 166 Å². The van der Waals surface area contributed by atoms with E-state index in [1.165, 1.54) is 13.0 Å². The Morgan fingerprint density at radius 2 is 1.26 bits per heavy atom. The van der Waals surface area contributed by atoms with Crippen molar-refractivity contribution < 1.29 is 53.1 Å². The molecule has 11 nitrogen and oxygen atoms in total. The second kappa shape index (κ2) is 27.6. The first kappa shape index (κ1) is 41.1. The molecule has 0 radical (unpaired) electrons. The maximum absolute atomic E-state index is 10.7. The van der Waals surface area contributed by atoms with Crippen molar-refractivity contribution in [3.63, 3.8) is 0 Å². The summed E-state index contributed by atoms with van der Waals surface area (Å²) in [5, 5.41) is 15.5. The Morgan fingerprint density at radius 1 is 0.842 bits per heavy atom. The minimum atomic E-state index is -0.981. The Morgan fingerprint density at radius 3 is 1.50 bits per heavy atom. The Kier molecular flexibility index (Phi) is 29.9. The summed E-state index contributed by atoms with van der Waals surface area (Å²) in [6.45, 7) is 26.7. The summed E-state index contributed by atoms with van der Waals surface area (Å²) >= 11 is 0. The lowest BCUT2D eigenvalue weighted by Gasteiger charge is -1.99. The van der Waals surface area contributed by atoms with Gasteiger partial charge in [-0.15, -0.1) is 0 Å². The number of carboxylic acid groups (broad SMARTS) is 2. The summed E-state index contributed by atoms with van der Waals surface area (Å²) in [7, 11) is 0. The summed E-state index contributed by atoms with van der Waals surface area (Å²) < 4.78 is 18.8. The van der Waals surface area contributed by atoms with Crippen LogP contribution in [0.1, 0.15) is 47.5 Å². The first-order valence-electron chi connectivity index (χ1n) is 11.4. The van der Waals surface area contributed by atoms with Crippen LogP contribution in [0.4, 0.5) is 0 Å². The standard InChI is InChI=1S/C7H10O3.C7H12O2.C6H10O2.C4H6O2.C3H4O2/c1-5(2)7(8)10-4-6-3-9-6;1-3-5-6-9-7(8)4-2;1-4-8-6(7)5(2)3;1-3(2)4(5)6;1-2-3(4)5/h6H,1,3-4H2,2H3;4H,2-3,5-6H2,1H3;2,4H2,1,3H3;1H2,2H3,(H,5,6);2H,1H2,(H,4,5). The molecule has 0 aromatic carbocycles. The number of carbonyl (C=O) groups is 5. The van der Waals surface area contributed by atoms with Gasteiger partial charge in [0.1, 0.15) is 12.7 Å². The van der Waals surface area contributed by atoms with Crippen LogP contribution in [0.3, 0.4) is 0 Å². The van der Waals surface area contributed by atoms with Crippen molar-refractivity contribution in [2.75, 3.05) is 26.4 Å². The lowest BCUT2D eigenvalue weighted by atomic mass is 10.4. The van der Waals surface area contributed by atoms with Gasteiger partial charge in [-0.05, 0) is 34.1 Å². The largest absolute Gasteiger partial charge is 0.478 e. The Balaban J connectivity index is -0.000000194. The number of aliphatic carboxylic acids is 2. The first-order chi connectivity index (χ1) is 17.6. The molecule has 1 aliphatic rings. The zero-order valence-electron chi connectivity index (χ0n) is 23.1. The molecule has 0 aliphatic carbocycles. The van der Waals surface area contributed by atoms with Gasteiger partial charge >= 0.3 is 29.8 Å². The van der Waals surface area contributed by atoms with Crippen LogP contribution >= 0.6 is 0 Å². The molecule has 0 amide bonds. The van der Waals surface area contributed by atoms with E-state index in [4.69, 9.17) is 19.7 Å². The molecule has 0 aromatic heterocycles. The third kappa shape index (κ3) is 39.2. The van der Waals surface area contributed by atoms with Gasteiger partial charge in [-0.3, -0.25) is 0 Å². The average molecular weight is 543 g/mol. The van der Waals surface area contributed by atoms with Gasteiger partial charge in [0.15, 0.2) is 0 Å². The van der Waals surface area contributed by atoms with E-state index in [-0.39, 0.29) is 29.6 Å². The minimum Gasteiger partial charge on any atom is -0.478 e. The highest BCUT2D eigenvalue weighted by Gasteiger charge is 2.24. The van der Waals surface area contributed by atoms with E-state index in [1.807, 2.05) is 6.92 Å². The second-order valence-electron chi connectivity index (χ2n) is 7.19. The van der Waals surface area contributed by atoms with Gasteiger partial charge in [-0.25, -0.2) is 24.0 Å². The molecule has 1 saturated heterocycles. The molecular weight excluding hydrogens is 500 g/mol. The Labute approximate surface area is 225 Å². The van der Waals surface area contributed by atoms with E-state index in [1.54, 1.807) is 20.8 Å². The predicted octanol–water partition coefficient (Wildman–Crippen LogP) is 4.05. The Bertz CT molecular complexity index is 794. The lowest BCUT2D eigenvalue weighted by molar-refractivity contribution is -0.140. The number of carboxylic acids is 2. The lowest BCUT2D eigenvalue weighted by Crippen LogP contribution is -2.09. The van der Waals surface area contributed by atoms with Crippen molar-refractivity contribution in [3.05, 3.63) is 61.8 Å². The highest BCUT2D eigenvalue weighted by molar-refractivity contribution is 5.87. The van der Waals surface area contributed by atoms with Crippen LogP contribution in [0.15, 0.2) is 61.8 Å². The third-order valence-corrected chi connectivity index (χ3v) is 3.22. The number of hydrogen-bond acceptors (Lipinski definition) is 9. The normalized spacial score (nSPS) is 11.6. The smallest absolute Gasteiger partial charge is 0.333 e. The van der Waals surface area contributed by atoms with Gasteiger partial charge in [-0.2, -0.15) is 0 Å². The van der Waals surface area contributed by atoms with Crippen LogP contribution in [0, 0.1) is 0 Å². The van der Waals surface area contributed by atoms with Crippen LogP contribution in [-0.4, -0.2) is 72.6 Å². The van der Waals surface area contributed by atoms with Crippen molar-refractivity contribution in [1.29, 1.82) is 0 Å². The van der Waals surface area contributed by atoms with Crippen LogP contribution in [0.25, 0.3) is 0 Å². The maximum Gasteiger partial charge on any atom is 0.333 e. The molecule has 0 spiro atoms. The van der Waals surface area contributed by atoms with Crippen molar-refractivity contribution in [2.24, 2.45) is 0 Å². The molecular formula is C27H42O11. The van der Waals surface area contributed by atoms with E-state index in [9.17, 15) is 24.0 Å². The molecule has 0 bridgehead atoms. The van der Waals surface area contributed by atoms with E-state index in [0.717, 1.165) is 18.9 Å². The van der Waals surface area contributed by atoms with Gasteiger partial charge in [0.2, 0.25) is 0 Å². The Hall–Kier alpha value is -3.99. The van der Waals surface area contributed by atoms with E-state index in [2.05, 4.69) is 42.4 Å². The van der Waals surface area contributed by atoms with Crippen molar-refractivity contribution in [1.82, 2.24) is 0 Å². The molecule has 11 heteroatoms. The fourth-order valence-electron chi connectivity index (χ4n) is 1.09. The summed E-state index contributed by atoms with van der Waals surface area (Å²) in [6, 6.07) is 0. The summed E-state index contributed by atoms with van der Waals surface area (Å²) in [6.07, 6.45) is 4.13. The van der Waals surface area contributed by atoms with Crippen molar-refractivity contribution >= 4 is 29.8 Å². The molecule has 38 heavy (non-hydrogen) atoms. The molecule has 2 N–H and O–H groups in total. The van der Waals surface area contributed by atoms with Crippen LogP contribution in [0.2, 0.25) is 0 Å². The van der Waals surface area contributed by atoms with Gasteiger partial charge in [0.25, 0.3) is 0 Å². The van der Waals surface area contributed by atoms with Crippen LogP contribution in [-0.2, 0) is 42.9 Å². The van der Waals surface area contributed by atoms with Gasteiger partial charge in [-0.1, -0.05) is 46.2 Å². The van der Waals surface area contributed by atoms with Gasteiger partial charge < -0.3 is 29.2 Å². The molecule has 216 valence electrons.